The summed E-state index contributed by atoms with van der Waals surface area (Å²) in [6, 6.07) is 3.71. The minimum atomic E-state index is -5.08. The number of hydrogen-bond donors (Lipinski definition) is 5. The number of benzene rings is 3. The van der Waals surface area contributed by atoms with Crippen LogP contribution >= 0.6 is 11.6 Å². The summed E-state index contributed by atoms with van der Waals surface area (Å²) in [6.45, 7) is 0. The molecule has 0 aliphatic rings. The maximum Gasteiger partial charge on any atom is 1.00 e. The van der Waals surface area contributed by atoms with Gasteiger partial charge in [-0.1, -0.05) is 11.6 Å². The fraction of sp³-hybridized carbons (Fsp3) is 0. The van der Waals surface area contributed by atoms with Gasteiger partial charge in [0.2, 0.25) is 0 Å². The number of hydrogen-bond acceptors (Lipinski definition) is 11. The van der Waals surface area contributed by atoms with Crippen LogP contribution in [0.3, 0.4) is 0 Å². The van der Waals surface area contributed by atoms with Gasteiger partial charge < -0.3 is 15.9 Å². The molecule has 0 aliphatic carbocycles. The molecule has 0 aliphatic heterocycles. The van der Waals surface area contributed by atoms with Gasteiger partial charge in [-0.2, -0.15) is 16.8 Å². The molecule has 0 radical (unpaired) electrons. The number of non-ortho nitro benzene ring substituents is 1. The first kappa shape index (κ1) is 27.7. The predicted molar refractivity (Wildman–Crippen MR) is 114 cm³/mol. The summed E-state index contributed by atoms with van der Waals surface area (Å²) in [5, 5.41) is 37.1. The number of fused-ring (bicyclic) bond motifs is 1. The third-order valence-electron chi connectivity index (χ3n) is 4.24. The molecule has 14 nitrogen and oxygen atoms in total. The normalized spacial score (nSPS) is 12.1. The Kier molecular flexibility index (Phi) is 7.80. The van der Waals surface area contributed by atoms with Crippen LogP contribution in [0.15, 0.2) is 50.4 Å². The minimum Gasteiger partial charge on any atom is -0.507 e. The minimum absolute atomic E-state index is 0. The van der Waals surface area contributed by atoms with E-state index >= 15 is 0 Å². The second kappa shape index (κ2) is 9.59. The average Bonchev–Trinajstić information content (AvgIpc) is 2.67. The zero-order chi connectivity index (χ0) is 24.9. The largest absolute Gasteiger partial charge is 1.00 e. The van der Waals surface area contributed by atoms with Gasteiger partial charge in [0.15, 0.2) is 5.75 Å². The van der Waals surface area contributed by atoms with Gasteiger partial charge in [-0.25, -0.2) is 0 Å². The molecule has 0 unspecified atom stereocenters. The Bertz CT molecular complexity index is 1590. The molecule has 3 aromatic rings. The molecule has 0 spiro atoms. The van der Waals surface area contributed by atoms with E-state index in [1.54, 1.807) is 0 Å². The molecule has 18 heteroatoms. The molecule has 34 heavy (non-hydrogen) atoms. The number of phenols is 2. The van der Waals surface area contributed by atoms with Gasteiger partial charge in [-0.15, -0.1) is 10.2 Å². The van der Waals surface area contributed by atoms with Gasteiger partial charge in [-0.05, 0) is 17.5 Å². The molecule has 3 aromatic carbocycles. The van der Waals surface area contributed by atoms with Crippen LogP contribution in [0, 0.1) is 10.1 Å². The molecule has 0 atom stereocenters. The molecular weight excluding hydrogens is 531 g/mol. The first-order valence-corrected chi connectivity index (χ1v) is 11.5. The first-order chi connectivity index (χ1) is 15.1. The molecular formula is C16H11ClN4NaO10S2+. The van der Waals surface area contributed by atoms with E-state index in [4.69, 9.17) is 17.3 Å². The van der Waals surface area contributed by atoms with Crippen molar-refractivity contribution in [2.45, 2.75) is 9.79 Å². The van der Waals surface area contributed by atoms with E-state index in [9.17, 15) is 46.3 Å². The standard InChI is InChI=1S/C16H11ClN4O10S2.Na/c17-9-3-7(21(24)25)4-10(16(9)23)19-20-15-12(33(29,30)31)2-6-1-8(32(26,27)28)5-11(22)13(6)14(15)18;/h1-5,22-23H,18H2,(H,26,27,28)(H,29,30,31);/q;+1. The summed E-state index contributed by atoms with van der Waals surface area (Å²) in [5.41, 5.74) is 3.41. The number of azo groups is 1. The number of aromatic hydroxyl groups is 2. The summed E-state index contributed by atoms with van der Waals surface area (Å²) in [6.07, 6.45) is 0. The number of nitrogens with zero attached hydrogens (tertiary/aromatic N) is 3. The number of nitrogen functional groups attached to an aromatic ring is 1. The fourth-order valence-corrected chi connectivity index (χ4v) is 4.21. The molecule has 0 aromatic heterocycles. The predicted octanol–water partition coefficient (Wildman–Crippen LogP) is 0.308. The molecule has 0 saturated carbocycles. The van der Waals surface area contributed by atoms with Gasteiger partial charge in [0.05, 0.1) is 20.5 Å². The molecule has 0 heterocycles. The van der Waals surface area contributed by atoms with Gasteiger partial charge >= 0.3 is 29.6 Å². The van der Waals surface area contributed by atoms with Crippen molar-refractivity contribution >= 4 is 65.4 Å². The number of nitro groups is 1. The van der Waals surface area contributed by atoms with Crippen molar-refractivity contribution in [2.75, 3.05) is 5.73 Å². The summed E-state index contributed by atoms with van der Waals surface area (Å²) in [4.78, 5) is 8.36. The Morgan fingerprint density at radius 1 is 0.971 bits per heavy atom. The van der Waals surface area contributed by atoms with Crippen molar-refractivity contribution in [2.24, 2.45) is 10.2 Å². The van der Waals surface area contributed by atoms with Crippen LogP contribution in [-0.2, 0) is 20.2 Å². The van der Waals surface area contributed by atoms with Crippen LogP contribution in [-0.4, -0.2) is 41.1 Å². The van der Waals surface area contributed by atoms with E-state index in [0.29, 0.717) is 12.1 Å². The Hall–Kier alpha value is -2.57. The summed E-state index contributed by atoms with van der Waals surface area (Å²) in [5.74, 6) is -1.53. The quantitative estimate of drug-likeness (QED) is 0.0734. The number of anilines is 1. The van der Waals surface area contributed by atoms with Crippen molar-refractivity contribution < 1.29 is 70.6 Å². The van der Waals surface area contributed by atoms with Crippen LogP contribution in [0.25, 0.3) is 10.8 Å². The van der Waals surface area contributed by atoms with E-state index in [1.807, 2.05) is 0 Å². The molecule has 0 fully saturated rings. The van der Waals surface area contributed by atoms with Crippen LogP contribution in [0.2, 0.25) is 5.02 Å². The van der Waals surface area contributed by atoms with Crippen LogP contribution in [0.4, 0.5) is 22.7 Å². The van der Waals surface area contributed by atoms with Crippen LogP contribution in [0.5, 0.6) is 11.5 Å². The zero-order valence-electron chi connectivity index (χ0n) is 16.7. The average molecular weight is 542 g/mol. The third-order valence-corrected chi connectivity index (χ3v) is 6.22. The first-order valence-electron chi connectivity index (χ1n) is 8.24. The van der Waals surface area contributed by atoms with Crippen molar-refractivity contribution in [1.29, 1.82) is 0 Å². The third kappa shape index (κ3) is 5.39. The van der Waals surface area contributed by atoms with Crippen molar-refractivity contribution in [3.05, 3.63) is 45.5 Å². The number of phenolic OH excluding ortho intramolecular Hbond substituents is 2. The molecule has 6 N–H and O–H groups in total. The van der Waals surface area contributed by atoms with E-state index in [1.165, 1.54) is 0 Å². The second-order valence-electron chi connectivity index (χ2n) is 6.38. The number of rotatable bonds is 5. The van der Waals surface area contributed by atoms with Gasteiger partial charge in [0, 0.05) is 23.6 Å². The number of nitrogens with two attached hydrogens (primary N) is 1. The summed E-state index contributed by atoms with van der Waals surface area (Å²) >= 11 is 5.71. The van der Waals surface area contributed by atoms with Crippen molar-refractivity contribution in [1.82, 2.24) is 0 Å². The molecule has 174 valence electrons. The van der Waals surface area contributed by atoms with Crippen LogP contribution < -0.4 is 35.3 Å². The Balaban J connectivity index is 0.00000408. The maximum absolute atomic E-state index is 11.9. The SMILES string of the molecule is Nc1c(N=Nc2cc([N+](=O)[O-])cc(Cl)c2O)c(S(=O)(=O)O)cc2cc(S(=O)(=O)O)cc(O)c12.[Na+]. The zero-order valence-corrected chi connectivity index (χ0v) is 21.1. The van der Waals surface area contributed by atoms with Crippen molar-refractivity contribution in [3.8, 4) is 11.5 Å². The van der Waals surface area contributed by atoms with Gasteiger partial charge in [0.1, 0.15) is 22.0 Å². The Labute approximate surface area is 217 Å². The monoisotopic (exact) mass is 541 g/mol. The molecule has 0 bridgehead atoms. The van der Waals surface area contributed by atoms with Crippen molar-refractivity contribution in [3.63, 3.8) is 0 Å². The number of halogens is 1. The maximum atomic E-state index is 11.9. The van der Waals surface area contributed by atoms with E-state index in [-0.39, 0.29) is 40.3 Å². The van der Waals surface area contributed by atoms with Crippen LogP contribution in [0.1, 0.15) is 0 Å². The molecule has 3 rings (SSSR count). The topological polar surface area (TPSA) is 243 Å². The van der Waals surface area contributed by atoms with E-state index in [0.717, 1.165) is 18.2 Å². The molecule has 0 amide bonds. The van der Waals surface area contributed by atoms with Gasteiger partial charge in [-0.3, -0.25) is 19.2 Å². The number of nitro benzene ring substituents is 1. The Morgan fingerprint density at radius 2 is 1.59 bits per heavy atom. The summed E-state index contributed by atoms with van der Waals surface area (Å²) < 4.78 is 65.4. The molecule has 0 saturated heterocycles. The second-order valence-corrected chi connectivity index (χ2v) is 9.60. The van der Waals surface area contributed by atoms with E-state index < -0.39 is 74.2 Å². The van der Waals surface area contributed by atoms with Gasteiger partial charge in [0.25, 0.3) is 25.9 Å². The smallest absolute Gasteiger partial charge is 0.507 e. The van der Waals surface area contributed by atoms with E-state index in [2.05, 4.69) is 10.2 Å². The fourth-order valence-electron chi connectivity index (χ4n) is 2.79. The Morgan fingerprint density at radius 3 is 2.12 bits per heavy atom. The summed E-state index contributed by atoms with van der Waals surface area (Å²) in [7, 11) is -9.88.